The Balaban J connectivity index is 2.03. The molecule has 84 valence electrons. The van der Waals surface area contributed by atoms with E-state index in [1.807, 2.05) is 0 Å². The molecule has 0 spiro atoms. The molecule has 0 aromatic carbocycles. The first-order chi connectivity index (χ1) is 7.35. The third kappa shape index (κ3) is 2.66. The third-order valence-electron chi connectivity index (χ3n) is 2.51. The summed E-state index contributed by atoms with van der Waals surface area (Å²) in [6.07, 6.45) is 3.55. The Morgan fingerprint density at radius 1 is 1.47 bits per heavy atom. The molecule has 1 aromatic heterocycles. The lowest BCUT2D eigenvalue weighted by Gasteiger charge is -2.18. The van der Waals surface area contributed by atoms with Crippen molar-refractivity contribution in [3.05, 3.63) is 5.82 Å². The number of aliphatic hydroxyl groups is 1. The second-order valence-corrected chi connectivity index (χ2v) is 4.65. The van der Waals surface area contributed by atoms with Crippen molar-refractivity contribution in [2.24, 2.45) is 0 Å². The van der Waals surface area contributed by atoms with E-state index in [0.29, 0.717) is 12.5 Å². The number of rotatable bonds is 6. The SMILES string of the molecule is CCCN(CCO)c1nc(C2CC2)ns1. The van der Waals surface area contributed by atoms with Crippen LogP contribution >= 0.6 is 11.5 Å². The monoisotopic (exact) mass is 227 g/mol. The summed E-state index contributed by atoms with van der Waals surface area (Å²) in [7, 11) is 0. The van der Waals surface area contributed by atoms with E-state index in [9.17, 15) is 0 Å². The summed E-state index contributed by atoms with van der Waals surface area (Å²) in [5.41, 5.74) is 0. The molecule has 0 amide bonds. The van der Waals surface area contributed by atoms with Crippen molar-refractivity contribution in [1.82, 2.24) is 9.36 Å². The Morgan fingerprint density at radius 3 is 2.87 bits per heavy atom. The highest BCUT2D eigenvalue weighted by Gasteiger charge is 2.28. The number of anilines is 1. The standard InChI is InChI=1S/C10H17N3OS/c1-2-5-13(6-7-14)10-11-9(12-15-10)8-3-4-8/h8,14H,2-7H2,1H3. The lowest BCUT2D eigenvalue weighted by molar-refractivity contribution is 0.302. The van der Waals surface area contributed by atoms with Gasteiger partial charge in [-0.15, -0.1) is 0 Å². The van der Waals surface area contributed by atoms with Crippen LogP contribution in [-0.4, -0.2) is 34.2 Å². The number of aromatic nitrogens is 2. The molecule has 4 nitrogen and oxygen atoms in total. The van der Waals surface area contributed by atoms with Crippen LogP contribution < -0.4 is 4.90 Å². The zero-order valence-electron chi connectivity index (χ0n) is 9.02. The summed E-state index contributed by atoms with van der Waals surface area (Å²) < 4.78 is 4.37. The Kier molecular flexibility index (Phi) is 3.53. The van der Waals surface area contributed by atoms with Gasteiger partial charge in [-0.3, -0.25) is 0 Å². The summed E-state index contributed by atoms with van der Waals surface area (Å²) >= 11 is 1.46. The quantitative estimate of drug-likeness (QED) is 0.802. The third-order valence-corrected chi connectivity index (χ3v) is 3.30. The average molecular weight is 227 g/mol. The number of nitrogens with zero attached hydrogens (tertiary/aromatic N) is 3. The van der Waals surface area contributed by atoms with Crippen LogP contribution in [0.25, 0.3) is 0 Å². The lowest BCUT2D eigenvalue weighted by atomic mass is 10.4. The second kappa shape index (κ2) is 4.90. The van der Waals surface area contributed by atoms with Gasteiger partial charge in [0.2, 0.25) is 5.13 Å². The maximum absolute atomic E-state index is 8.97. The maximum atomic E-state index is 8.97. The molecular formula is C10H17N3OS. The van der Waals surface area contributed by atoms with Crippen LogP contribution in [0.2, 0.25) is 0 Å². The summed E-state index contributed by atoms with van der Waals surface area (Å²) in [4.78, 5) is 6.65. The molecule has 1 N–H and O–H groups in total. The van der Waals surface area contributed by atoms with Crippen LogP contribution in [0.15, 0.2) is 0 Å². The van der Waals surface area contributed by atoms with Gasteiger partial charge in [-0.25, -0.2) is 4.98 Å². The number of aliphatic hydroxyl groups excluding tert-OH is 1. The van der Waals surface area contributed by atoms with E-state index in [4.69, 9.17) is 5.11 Å². The Bertz CT molecular complexity index is 305. The minimum atomic E-state index is 0.179. The molecule has 1 aromatic rings. The topological polar surface area (TPSA) is 49.2 Å². The molecule has 15 heavy (non-hydrogen) atoms. The molecule has 2 rings (SSSR count). The molecule has 1 saturated carbocycles. The highest BCUT2D eigenvalue weighted by Crippen LogP contribution is 2.39. The van der Waals surface area contributed by atoms with E-state index in [-0.39, 0.29) is 6.61 Å². The molecule has 0 saturated heterocycles. The second-order valence-electron chi connectivity index (χ2n) is 3.92. The van der Waals surface area contributed by atoms with Gasteiger partial charge in [-0.2, -0.15) is 4.37 Å². The molecule has 0 atom stereocenters. The van der Waals surface area contributed by atoms with Crippen LogP contribution in [0, 0.1) is 0 Å². The van der Waals surface area contributed by atoms with Gasteiger partial charge in [0.15, 0.2) is 0 Å². The fourth-order valence-corrected chi connectivity index (χ4v) is 2.35. The molecule has 0 unspecified atom stereocenters. The van der Waals surface area contributed by atoms with Crippen molar-refractivity contribution in [3.8, 4) is 0 Å². The van der Waals surface area contributed by atoms with Gasteiger partial charge < -0.3 is 10.0 Å². The number of hydrogen-bond acceptors (Lipinski definition) is 5. The van der Waals surface area contributed by atoms with Crippen molar-refractivity contribution in [3.63, 3.8) is 0 Å². The molecular weight excluding hydrogens is 210 g/mol. The molecule has 1 aliphatic carbocycles. The van der Waals surface area contributed by atoms with Crippen molar-refractivity contribution in [1.29, 1.82) is 0 Å². The fourth-order valence-electron chi connectivity index (χ4n) is 1.56. The van der Waals surface area contributed by atoms with Crippen LogP contribution in [0.5, 0.6) is 0 Å². The zero-order chi connectivity index (χ0) is 10.7. The van der Waals surface area contributed by atoms with Gasteiger partial charge in [0.1, 0.15) is 5.82 Å². The van der Waals surface area contributed by atoms with Crippen molar-refractivity contribution in [2.75, 3.05) is 24.6 Å². The first-order valence-corrected chi connectivity index (χ1v) is 6.32. The first kappa shape index (κ1) is 10.8. The van der Waals surface area contributed by atoms with Gasteiger partial charge in [0, 0.05) is 30.5 Å². The van der Waals surface area contributed by atoms with Crippen LogP contribution in [0.1, 0.15) is 37.9 Å². The van der Waals surface area contributed by atoms with Crippen molar-refractivity contribution >= 4 is 16.7 Å². The Hall–Kier alpha value is -0.680. The normalized spacial score (nSPS) is 15.6. The molecule has 1 fully saturated rings. The number of hydrogen-bond donors (Lipinski definition) is 1. The van der Waals surface area contributed by atoms with Crippen LogP contribution in [0.4, 0.5) is 5.13 Å². The lowest BCUT2D eigenvalue weighted by Crippen LogP contribution is -2.27. The summed E-state index contributed by atoms with van der Waals surface area (Å²) in [6.45, 7) is 3.92. The predicted molar refractivity (Wildman–Crippen MR) is 61.5 cm³/mol. The summed E-state index contributed by atoms with van der Waals surface area (Å²) in [5, 5.41) is 9.93. The van der Waals surface area contributed by atoms with E-state index in [0.717, 1.165) is 23.9 Å². The van der Waals surface area contributed by atoms with Gasteiger partial charge >= 0.3 is 0 Å². The van der Waals surface area contributed by atoms with E-state index < -0.39 is 0 Å². The van der Waals surface area contributed by atoms with Gasteiger partial charge in [-0.05, 0) is 19.3 Å². The molecule has 0 aliphatic heterocycles. The minimum Gasteiger partial charge on any atom is -0.395 e. The van der Waals surface area contributed by atoms with Crippen LogP contribution in [0.3, 0.4) is 0 Å². The zero-order valence-corrected chi connectivity index (χ0v) is 9.83. The Labute approximate surface area is 94.1 Å². The molecule has 5 heteroatoms. The highest BCUT2D eigenvalue weighted by molar-refractivity contribution is 7.09. The van der Waals surface area contributed by atoms with Crippen molar-refractivity contribution < 1.29 is 5.11 Å². The average Bonchev–Trinajstić information content (AvgIpc) is 2.97. The van der Waals surface area contributed by atoms with Gasteiger partial charge in [0.05, 0.1) is 6.61 Å². The van der Waals surface area contributed by atoms with Gasteiger partial charge in [0.25, 0.3) is 0 Å². The van der Waals surface area contributed by atoms with E-state index in [1.54, 1.807) is 0 Å². The van der Waals surface area contributed by atoms with E-state index in [2.05, 4.69) is 21.2 Å². The summed E-state index contributed by atoms with van der Waals surface area (Å²) in [6, 6.07) is 0. The predicted octanol–water partition coefficient (Wildman–Crippen LogP) is 1.62. The van der Waals surface area contributed by atoms with E-state index >= 15 is 0 Å². The molecule has 1 heterocycles. The Morgan fingerprint density at radius 2 is 2.27 bits per heavy atom. The first-order valence-electron chi connectivity index (χ1n) is 5.54. The smallest absolute Gasteiger partial charge is 0.205 e. The fraction of sp³-hybridized carbons (Fsp3) is 0.800. The van der Waals surface area contributed by atoms with Crippen LogP contribution in [-0.2, 0) is 0 Å². The minimum absolute atomic E-state index is 0.179. The van der Waals surface area contributed by atoms with Crippen molar-refractivity contribution in [2.45, 2.75) is 32.1 Å². The maximum Gasteiger partial charge on any atom is 0.205 e. The molecule has 0 radical (unpaired) electrons. The largest absolute Gasteiger partial charge is 0.395 e. The van der Waals surface area contributed by atoms with Gasteiger partial charge in [-0.1, -0.05) is 6.92 Å². The highest BCUT2D eigenvalue weighted by atomic mass is 32.1. The van der Waals surface area contributed by atoms with E-state index in [1.165, 1.54) is 24.4 Å². The molecule has 0 bridgehead atoms. The summed E-state index contributed by atoms with van der Waals surface area (Å²) in [5.74, 6) is 1.63. The molecule has 1 aliphatic rings.